The summed E-state index contributed by atoms with van der Waals surface area (Å²) < 4.78 is 23.8. The number of hydrogen-bond acceptors (Lipinski definition) is 17. The second-order valence-electron chi connectivity index (χ2n) is 29.5. The molecule has 522 valence electrons. The quantitative estimate of drug-likeness (QED) is 0.0168. The predicted molar refractivity (Wildman–Crippen MR) is 352 cm³/mol. The Labute approximate surface area is 561 Å². The molecule has 1 aliphatic heterocycles. The van der Waals surface area contributed by atoms with E-state index in [0.29, 0.717) is 48.0 Å². The van der Waals surface area contributed by atoms with Crippen molar-refractivity contribution in [3.63, 3.8) is 0 Å². The number of amides is 4. The number of Topliss-reactive ketones (excluding diaryl/α,β-unsaturated/α-hetero) is 1. The highest BCUT2D eigenvalue weighted by atomic mass is 16.7. The number of ketones is 3. The van der Waals surface area contributed by atoms with Crippen LogP contribution in [0.4, 0.5) is 4.79 Å². The molecule has 3 saturated carbocycles. The minimum atomic E-state index is -2.18. The van der Waals surface area contributed by atoms with E-state index in [9.17, 15) is 69.0 Å². The second-order valence-corrected chi connectivity index (χ2v) is 29.5. The number of methoxy groups -OCH3 is 1. The van der Waals surface area contributed by atoms with Gasteiger partial charge in [0.15, 0.2) is 17.9 Å². The number of unbranched alkanes of at least 4 members (excludes halogenated alkanes) is 1. The number of allylic oxidation sites excluding steroid dienone is 1. The van der Waals surface area contributed by atoms with E-state index in [4.69, 9.17) is 18.9 Å². The van der Waals surface area contributed by atoms with Crippen LogP contribution in [0.1, 0.15) is 219 Å². The fourth-order valence-corrected chi connectivity index (χ4v) is 17.8. The summed E-state index contributed by atoms with van der Waals surface area (Å²) in [6, 6.07) is 6.85. The van der Waals surface area contributed by atoms with E-state index in [-0.39, 0.29) is 84.2 Å². The number of aliphatic carboxylic acids is 1. The molecule has 16 atom stereocenters. The summed E-state index contributed by atoms with van der Waals surface area (Å²) in [6.07, 6.45) is 7.18. The lowest BCUT2D eigenvalue weighted by molar-refractivity contribution is -0.249. The topological polar surface area (TPSA) is 343 Å². The lowest BCUT2D eigenvalue weighted by atomic mass is 9.47. The first-order valence-electron chi connectivity index (χ1n) is 34.7. The maximum atomic E-state index is 14.1. The van der Waals surface area contributed by atoms with Crippen LogP contribution in [0.5, 0.6) is 23.0 Å². The van der Waals surface area contributed by atoms with Gasteiger partial charge in [0.1, 0.15) is 52.9 Å². The molecule has 3 aromatic rings. The number of phenolic OH excluding ortho intramolecular Hbond substituents is 3. The van der Waals surface area contributed by atoms with E-state index in [1.54, 1.807) is 12.1 Å². The molecular formula is C74H98N4O18. The van der Waals surface area contributed by atoms with Crippen LogP contribution in [-0.4, -0.2) is 140 Å². The van der Waals surface area contributed by atoms with Gasteiger partial charge in [-0.25, -0.2) is 9.59 Å². The zero-order valence-corrected chi connectivity index (χ0v) is 56.6. The molecule has 0 spiro atoms. The van der Waals surface area contributed by atoms with Crippen LogP contribution in [0.3, 0.4) is 0 Å². The Balaban J connectivity index is 0.689. The largest absolute Gasteiger partial charge is 0.508 e. The molecule has 1 heterocycles. The predicted octanol–water partition coefficient (Wildman–Crippen LogP) is 9.28. The summed E-state index contributed by atoms with van der Waals surface area (Å²) >= 11 is 0. The maximum Gasteiger partial charge on any atom is 0.408 e. The number of rotatable bonds is 25. The summed E-state index contributed by atoms with van der Waals surface area (Å²) in [5, 5.41) is 77.5. The molecular weight excluding hydrogens is 1230 g/mol. The number of carboxylic acid groups (broad SMARTS) is 1. The van der Waals surface area contributed by atoms with E-state index in [1.807, 2.05) is 0 Å². The molecule has 0 bridgehead atoms. The Morgan fingerprint density at radius 3 is 2.24 bits per heavy atom. The first kappa shape index (κ1) is 71.4. The number of fused-ring (bicyclic) bond motifs is 8. The Kier molecular flexibility index (Phi) is 21.8. The highest BCUT2D eigenvalue weighted by Gasteiger charge is 2.60. The number of alkyl carbamates (subject to hydrolysis) is 1. The Bertz CT molecular complexity index is 3500. The molecule has 10 rings (SSSR count). The zero-order chi connectivity index (χ0) is 69.3. The van der Waals surface area contributed by atoms with Gasteiger partial charge in [-0.1, -0.05) is 89.8 Å². The van der Waals surface area contributed by atoms with Gasteiger partial charge < -0.3 is 70.9 Å². The Hall–Kier alpha value is -7.40. The van der Waals surface area contributed by atoms with E-state index in [2.05, 4.69) is 62.0 Å². The van der Waals surface area contributed by atoms with Gasteiger partial charge in [-0.15, -0.1) is 0 Å². The molecule has 7 aliphatic rings. The van der Waals surface area contributed by atoms with Crippen LogP contribution in [0.2, 0.25) is 0 Å². The Morgan fingerprint density at radius 2 is 1.53 bits per heavy atom. The van der Waals surface area contributed by atoms with Crippen LogP contribution in [0.15, 0.2) is 54.1 Å². The maximum absolute atomic E-state index is 14.1. The van der Waals surface area contributed by atoms with Gasteiger partial charge in [0.25, 0.3) is 0 Å². The van der Waals surface area contributed by atoms with Crippen molar-refractivity contribution in [2.45, 2.75) is 231 Å². The fourth-order valence-electron chi connectivity index (χ4n) is 17.8. The molecule has 0 aromatic heterocycles. The summed E-state index contributed by atoms with van der Waals surface area (Å²) in [5.74, 6) is -2.71. The summed E-state index contributed by atoms with van der Waals surface area (Å²) in [4.78, 5) is 108. The van der Waals surface area contributed by atoms with Gasteiger partial charge in [-0.05, 0) is 148 Å². The van der Waals surface area contributed by atoms with Crippen LogP contribution >= 0.6 is 0 Å². The van der Waals surface area contributed by atoms with E-state index in [1.165, 1.54) is 94.9 Å². The average Bonchev–Trinajstić information content (AvgIpc) is 0.907. The highest BCUT2D eigenvalue weighted by Crippen LogP contribution is 2.67. The van der Waals surface area contributed by atoms with Gasteiger partial charge in [-0.2, -0.15) is 0 Å². The number of benzene rings is 3. The molecule has 4 amide bonds. The van der Waals surface area contributed by atoms with Crippen molar-refractivity contribution in [2.24, 2.45) is 46.3 Å². The van der Waals surface area contributed by atoms with Crippen molar-refractivity contribution < 1.29 is 87.9 Å². The van der Waals surface area contributed by atoms with Crippen molar-refractivity contribution in [3.05, 3.63) is 93.1 Å². The molecule has 0 radical (unpaired) electrons. The lowest BCUT2D eigenvalue weighted by Gasteiger charge is -2.58. The first-order chi connectivity index (χ1) is 45.5. The number of carbonyl (C=O) groups is 8. The summed E-state index contributed by atoms with van der Waals surface area (Å²) in [7, 11) is 1.30. The molecule has 96 heavy (non-hydrogen) atoms. The van der Waals surface area contributed by atoms with Gasteiger partial charge in [0, 0.05) is 68.2 Å². The SMILES string of the molecule is COc1cccc2c1C(=O)c1c(O)c3c(c(O)c1C2=O)C[C@@](O)(C(C)=O)C[C@@H]3O[C@H]1C[C@H](NC(=O)CCC(=O)NCCCC[C@@H](NC(=O)C(Cc2ccc(O)cc2)NC(=O)OC2CCC3(C)C(=CCC4[C@@H]3CCC3(C)C(C(C)CCCC(C)C)CC[C@@H]43)C2)C(=O)O)[C@H](O)[C@H](C)O1. The van der Waals surface area contributed by atoms with Crippen molar-refractivity contribution in [1.82, 2.24) is 21.3 Å². The van der Waals surface area contributed by atoms with E-state index >= 15 is 0 Å². The van der Waals surface area contributed by atoms with Gasteiger partial charge in [0.2, 0.25) is 23.5 Å². The monoisotopic (exact) mass is 1330 g/mol. The summed E-state index contributed by atoms with van der Waals surface area (Å²) in [5.41, 5.74) is -1.46. The van der Waals surface area contributed by atoms with Crippen LogP contribution in [0.25, 0.3) is 0 Å². The molecule has 22 heteroatoms. The minimum absolute atomic E-state index is 0.00951. The highest BCUT2D eigenvalue weighted by molar-refractivity contribution is 6.31. The number of nitrogens with one attached hydrogen (secondary N) is 4. The standard InChI is InChI=1S/C74H98N4O18/c1-38(2)13-11-14-39(3)49-24-25-50-46-23-20-43-34-45(28-30-72(43,6)51(46)29-31-73(49,50)7)95-71(91)78-54(33-42-18-21-44(80)22-19-42)69(88)77-52(70(89)90)16-9-10-32-75-57(81)26-27-58(82)76-53-35-59(94-40(4)64(53)83)96-56-37-74(92,41(5)79)36-48-61(56)68(87)63-62(66(48)85)65(84)47-15-12-17-55(93-8)60(47)67(63)86/h12,15,17-22,38-40,45-46,49-54,56,59,64,80,83,85,87,92H,9-11,13-14,16,23-37H2,1-8H3,(H,75,81)(H,76,82)(H,77,88)(H,78,91)(H,89,90)/t39?,40-,45?,46?,49?,50-,51-,52+,53-,54?,56-,59-,64+,72?,73?,74-/m0/s1. The van der Waals surface area contributed by atoms with Gasteiger partial charge in [-0.3, -0.25) is 28.8 Å². The van der Waals surface area contributed by atoms with Crippen molar-refractivity contribution in [1.29, 1.82) is 0 Å². The number of aliphatic hydroxyl groups excluding tert-OH is 1. The van der Waals surface area contributed by atoms with Crippen LogP contribution in [0, 0.1) is 46.3 Å². The summed E-state index contributed by atoms with van der Waals surface area (Å²) in [6.45, 7) is 14.9. The lowest BCUT2D eigenvalue weighted by Crippen LogP contribution is -2.55. The average molecular weight is 1330 g/mol. The second kappa shape index (κ2) is 29.4. The molecule has 22 nitrogen and oxygen atoms in total. The van der Waals surface area contributed by atoms with Gasteiger partial charge in [0.05, 0.1) is 42.0 Å². The van der Waals surface area contributed by atoms with Crippen molar-refractivity contribution in [2.75, 3.05) is 13.7 Å². The first-order valence-corrected chi connectivity index (χ1v) is 34.7. The number of aliphatic hydroxyl groups is 2. The Morgan fingerprint density at radius 1 is 0.802 bits per heavy atom. The van der Waals surface area contributed by atoms with Gasteiger partial charge >= 0.3 is 12.1 Å². The molecule has 4 fully saturated rings. The number of ether oxygens (including phenoxy) is 4. The number of phenols is 3. The molecule has 7 unspecified atom stereocenters. The van der Waals surface area contributed by atoms with Crippen molar-refractivity contribution >= 4 is 47.1 Å². The number of aromatic hydroxyl groups is 3. The third-order valence-corrected chi connectivity index (χ3v) is 23.1. The van der Waals surface area contributed by atoms with Crippen LogP contribution < -0.4 is 26.0 Å². The number of hydrogen-bond donors (Lipinski definition) is 10. The fraction of sp³-hybridized carbons (Fsp3) is 0.622. The molecule has 10 N–H and O–H groups in total. The molecule has 6 aliphatic carbocycles. The number of carbonyl (C=O) groups excluding carboxylic acids is 7. The van der Waals surface area contributed by atoms with E-state index < -0.39 is 137 Å². The number of carboxylic acids is 1. The normalized spacial score (nSPS) is 29.7. The smallest absolute Gasteiger partial charge is 0.408 e. The van der Waals surface area contributed by atoms with Crippen molar-refractivity contribution in [3.8, 4) is 23.0 Å². The third kappa shape index (κ3) is 14.7. The van der Waals surface area contributed by atoms with E-state index in [0.717, 1.165) is 37.5 Å². The van der Waals surface area contributed by atoms with Crippen LogP contribution in [-0.2, 0) is 51.0 Å². The molecule has 1 saturated heterocycles. The minimum Gasteiger partial charge on any atom is -0.508 e. The third-order valence-electron chi connectivity index (χ3n) is 23.1. The zero-order valence-electron chi connectivity index (χ0n) is 56.6. The molecule has 3 aromatic carbocycles.